The fourth-order valence-corrected chi connectivity index (χ4v) is 3.56. The van der Waals surface area contributed by atoms with Gasteiger partial charge < -0.3 is 20.1 Å². The highest BCUT2D eigenvalue weighted by molar-refractivity contribution is 5.94. The van der Waals surface area contributed by atoms with Crippen LogP contribution in [0.2, 0.25) is 0 Å². The van der Waals surface area contributed by atoms with E-state index in [-0.39, 0.29) is 5.91 Å². The normalized spacial score (nSPS) is 14.4. The van der Waals surface area contributed by atoms with Gasteiger partial charge in [0.1, 0.15) is 0 Å². The van der Waals surface area contributed by atoms with Gasteiger partial charge in [-0.3, -0.25) is 9.78 Å². The predicted octanol–water partition coefficient (Wildman–Crippen LogP) is 3.82. The number of pyridine rings is 1. The molecule has 0 aliphatic heterocycles. The summed E-state index contributed by atoms with van der Waals surface area (Å²) in [4.78, 5) is 16.7. The first-order valence-electron chi connectivity index (χ1n) is 9.90. The summed E-state index contributed by atoms with van der Waals surface area (Å²) in [5, 5.41) is 6.48. The molecule has 1 fully saturated rings. The second kappa shape index (κ2) is 9.97. The van der Waals surface area contributed by atoms with Gasteiger partial charge in [-0.1, -0.05) is 25.3 Å². The number of amides is 1. The van der Waals surface area contributed by atoms with Crippen molar-refractivity contribution >= 4 is 11.6 Å². The van der Waals surface area contributed by atoms with Crippen molar-refractivity contribution < 1.29 is 14.3 Å². The number of rotatable bonds is 8. The van der Waals surface area contributed by atoms with Crippen molar-refractivity contribution in [2.24, 2.45) is 0 Å². The van der Waals surface area contributed by atoms with Gasteiger partial charge in [0.15, 0.2) is 11.5 Å². The summed E-state index contributed by atoms with van der Waals surface area (Å²) in [6.07, 6.45) is 9.99. The quantitative estimate of drug-likeness (QED) is 0.725. The van der Waals surface area contributed by atoms with Crippen LogP contribution in [0.15, 0.2) is 36.7 Å². The Kier molecular flexibility index (Phi) is 7.12. The smallest absolute Gasteiger partial charge is 0.253 e. The Morgan fingerprint density at radius 1 is 1.07 bits per heavy atom. The molecule has 1 saturated carbocycles. The van der Waals surface area contributed by atoms with Crippen LogP contribution < -0.4 is 20.1 Å². The summed E-state index contributed by atoms with van der Waals surface area (Å²) in [5.74, 6) is 1.41. The van der Waals surface area contributed by atoms with Crippen molar-refractivity contribution in [3.8, 4) is 11.5 Å². The molecule has 3 rings (SSSR count). The number of anilines is 1. The number of carbonyl (C=O) groups is 1. The second-order valence-corrected chi connectivity index (χ2v) is 7.14. The predicted molar refractivity (Wildman–Crippen MR) is 110 cm³/mol. The van der Waals surface area contributed by atoms with Crippen LogP contribution in [0.1, 0.15) is 48.0 Å². The average Bonchev–Trinajstić information content (AvgIpc) is 2.74. The Hall–Kier alpha value is -2.76. The molecular weight excluding hydrogens is 354 g/mol. The molecule has 0 bridgehead atoms. The first-order chi connectivity index (χ1) is 13.7. The van der Waals surface area contributed by atoms with Crippen LogP contribution in [0.5, 0.6) is 11.5 Å². The van der Waals surface area contributed by atoms with Gasteiger partial charge in [0.25, 0.3) is 5.91 Å². The number of hydrogen-bond donors (Lipinski definition) is 2. The van der Waals surface area contributed by atoms with Gasteiger partial charge in [-0.2, -0.15) is 0 Å². The Balaban J connectivity index is 1.53. The van der Waals surface area contributed by atoms with E-state index < -0.39 is 0 Å². The van der Waals surface area contributed by atoms with Crippen molar-refractivity contribution in [2.75, 3.05) is 26.1 Å². The molecule has 0 saturated heterocycles. The van der Waals surface area contributed by atoms with Crippen LogP contribution in [0, 0.1) is 0 Å². The van der Waals surface area contributed by atoms with E-state index in [0.29, 0.717) is 11.6 Å². The van der Waals surface area contributed by atoms with E-state index in [2.05, 4.69) is 15.6 Å². The van der Waals surface area contributed by atoms with Crippen LogP contribution in [0.25, 0.3) is 0 Å². The molecule has 0 unspecified atom stereocenters. The van der Waals surface area contributed by atoms with E-state index >= 15 is 0 Å². The minimum absolute atomic E-state index is 0.0389. The molecule has 1 aromatic carbocycles. The topological polar surface area (TPSA) is 72.5 Å². The Labute approximate surface area is 166 Å². The lowest BCUT2D eigenvalue weighted by Gasteiger charge is -2.22. The van der Waals surface area contributed by atoms with E-state index in [4.69, 9.17) is 9.47 Å². The molecule has 150 valence electrons. The van der Waals surface area contributed by atoms with E-state index in [9.17, 15) is 4.79 Å². The van der Waals surface area contributed by atoms with Crippen LogP contribution in [-0.4, -0.2) is 37.7 Å². The summed E-state index contributed by atoms with van der Waals surface area (Å²) in [7, 11) is 3.26. The van der Waals surface area contributed by atoms with Gasteiger partial charge in [-0.25, -0.2) is 0 Å². The number of hydrogen-bond acceptors (Lipinski definition) is 5. The zero-order chi connectivity index (χ0) is 19.8. The summed E-state index contributed by atoms with van der Waals surface area (Å²) in [6.45, 7) is 0.727. The summed E-state index contributed by atoms with van der Waals surface area (Å²) in [5.41, 5.74) is 2.59. The molecule has 0 radical (unpaired) electrons. The van der Waals surface area contributed by atoms with Crippen molar-refractivity contribution in [2.45, 2.75) is 44.6 Å². The number of nitrogens with zero attached hydrogens (tertiary/aromatic N) is 1. The highest BCUT2D eigenvalue weighted by Crippen LogP contribution is 2.27. The third kappa shape index (κ3) is 5.38. The number of nitrogens with one attached hydrogen (secondary N) is 2. The lowest BCUT2D eigenvalue weighted by atomic mass is 9.95. The van der Waals surface area contributed by atoms with Gasteiger partial charge in [0, 0.05) is 25.0 Å². The average molecular weight is 383 g/mol. The van der Waals surface area contributed by atoms with Crippen molar-refractivity contribution in [1.29, 1.82) is 0 Å². The molecule has 1 amide bonds. The zero-order valence-electron chi connectivity index (χ0n) is 16.7. The maximum atomic E-state index is 12.5. The van der Waals surface area contributed by atoms with E-state index in [1.165, 1.54) is 19.3 Å². The van der Waals surface area contributed by atoms with Crippen LogP contribution in [0.4, 0.5) is 5.69 Å². The lowest BCUT2D eigenvalue weighted by molar-refractivity contribution is 0.0927. The molecule has 6 heteroatoms. The van der Waals surface area contributed by atoms with Gasteiger partial charge >= 0.3 is 0 Å². The monoisotopic (exact) mass is 383 g/mol. The summed E-state index contributed by atoms with van der Waals surface area (Å²) in [6, 6.07) is 8.07. The highest BCUT2D eigenvalue weighted by atomic mass is 16.5. The van der Waals surface area contributed by atoms with Crippen LogP contribution in [-0.2, 0) is 6.42 Å². The maximum Gasteiger partial charge on any atom is 0.253 e. The second-order valence-electron chi connectivity index (χ2n) is 7.14. The Morgan fingerprint density at radius 2 is 1.86 bits per heavy atom. The molecular formula is C22H29N3O3. The maximum absolute atomic E-state index is 12.5. The number of ether oxygens (including phenoxy) is 2. The van der Waals surface area contributed by atoms with Gasteiger partial charge in [0.05, 0.1) is 25.5 Å². The fourth-order valence-electron chi connectivity index (χ4n) is 3.56. The number of carbonyl (C=O) groups excluding carboxylic acids is 1. The first-order valence-corrected chi connectivity index (χ1v) is 9.90. The Morgan fingerprint density at radius 3 is 2.61 bits per heavy atom. The molecule has 0 atom stereocenters. The van der Waals surface area contributed by atoms with Crippen LogP contribution >= 0.6 is 0 Å². The molecule has 1 heterocycles. The molecule has 1 aliphatic carbocycles. The standard InChI is InChI=1S/C22H29N3O3/c1-27-20-9-8-16(12-21(20)28-2)10-11-24-19-13-17(14-23-15-19)22(26)25-18-6-4-3-5-7-18/h8-9,12-15,18,24H,3-7,10-11H2,1-2H3,(H,25,26). The zero-order valence-corrected chi connectivity index (χ0v) is 16.7. The molecule has 1 aromatic heterocycles. The first kappa shape index (κ1) is 20.0. The highest BCUT2D eigenvalue weighted by Gasteiger charge is 2.17. The molecule has 1 aliphatic rings. The van der Waals surface area contributed by atoms with Crippen LogP contribution in [0.3, 0.4) is 0 Å². The Bertz CT molecular complexity index is 788. The van der Waals surface area contributed by atoms with E-state index in [1.807, 2.05) is 24.3 Å². The van der Waals surface area contributed by atoms with Crippen molar-refractivity contribution in [3.05, 3.63) is 47.8 Å². The van der Waals surface area contributed by atoms with E-state index in [1.54, 1.807) is 26.6 Å². The lowest BCUT2D eigenvalue weighted by Crippen LogP contribution is -2.36. The third-order valence-electron chi connectivity index (χ3n) is 5.13. The largest absolute Gasteiger partial charge is 0.493 e. The number of methoxy groups -OCH3 is 2. The fraction of sp³-hybridized carbons (Fsp3) is 0.455. The van der Waals surface area contributed by atoms with Crippen molar-refractivity contribution in [3.63, 3.8) is 0 Å². The third-order valence-corrected chi connectivity index (χ3v) is 5.13. The summed E-state index contributed by atoms with van der Waals surface area (Å²) < 4.78 is 10.6. The number of aromatic nitrogens is 1. The molecule has 2 aromatic rings. The van der Waals surface area contributed by atoms with Gasteiger partial charge in [0.2, 0.25) is 0 Å². The molecule has 0 spiro atoms. The molecule has 6 nitrogen and oxygen atoms in total. The minimum atomic E-state index is -0.0389. The minimum Gasteiger partial charge on any atom is -0.493 e. The SMILES string of the molecule is COc1ccc(CCNc2cncc(C(=O)NC3CCCCC3)c2)cc1OC. The van der Waals surface area contributed by atoms with E-state index in [0.717, 1.165) is 48.6 Å². The summed E-state index contributed by atoms with van der Waals surface area (Å²) >= 11 is 0. The van der Waals surface area contributed by atoms with Crippen molar-refractivity contribution in [1.82, 2.24) is 10.3 Å². The molecule has 2 N–H and O–H groups in total. The van der Waals surface area contributed by atoms with Gasteiger partial charge in [-0.15, -0.1) is 0 Å². The molecule has 28 heavy (non-hydrogen) atoms. The number of benzene rings is 1. The van der Waals surface area contributed by atoms with Gasteiger partial charge in [-0.05, 0) is 43.0 Å².